The molecule has 1 aromatic carbocycles. The molecule has 1 aliphatic carbocycles. The summed E-state index contributed by atoms with van der Waals surface area (Å²) in [5, 5.41) is 0. The summed E-state index contributed by atoms with van der Waals surface area (Å²) < 4.78 is 0. The Bertz CT molecular complexity index is 750. The predicted molar refractivity (Wildman–Crippen MR) is 121 cm³/mol. The summed E-state index contributed by atoms with van der Waals surface area (Å²) in [5.74, 6) is 1.97. The number of hydrogen-bond acceptors (Lipinski definition) is 3. The molecule has 1 amide bonds. The Hall–Kier alpha value is -1.39. The Labute approximate surface area is 182 Å². The van der Waals surface area contributed by atoms with Crippen LogP contribution in [0.3, 0.4) is 0 Å². The molecule has 0 spiro atoms. The first-order chi connectivity index (χ1) is 14.6. The molecule has 164 valence electrons. The van der Waals surface area contributed by atoms with Crippen molar-refractivity contribution < 1.29 is 4.79 Å². The van der Waals surface area contributed by atoms with Gasteiger partial charge in [0.15, 0.2) is 0 Å². The molecule has 3 atom stereocenters. The fourth-order valence-electron chi connectivity index (χ4n) is 6.87. The Balaban J connectivity index is 1.38. The zero-order valence-corrected chi connectivity index (χ0v) is 18.9. The zero-order chi connectivity index (χ0) is 20.7. The first-order valence-electron chi connectivity index (χ1n) is 12.4. The standard InChI is InChI=1S/C26H39N3O/c1-19-8-6-7-11-23(19)25-24-18-28(22-12-14-27(2)15-13-22)16-21(24)17-29(25)26(30)20-9-4-3-5-10-20/h6-8,11,20-22,24-25H,3-5,9-10,12-18H2,1-2H3/t21-,24-,25+/m0/s1. The lowest BCUT2D eigenvalue weighted by Crippen LogP contribution is -2.45. The van der Waals surface area contributed by atoms with Gasteiger partial charge in [-0.1, -0.05) is 43.5 Å². The molecule has 0 N–H and O–H groups in total. The van der Waals surface area contributed by atoms with Gasteiger partial charge >= 0.3 is 0 Å². The number of aryl methyl sites for hydroxylation is 1. The van der Waals surface area contributed by atoms with Crippen molar-refractivity contribution in [3.63, 3.8) is 0 Å². The zero-order valence-electron chi connectivity index (χ0n) is 18.9. The average molecular weight is 410 g/mol. The van der Waals surface area contributed by atoms with Crippen LogP contribution in [0.25, 0.3) is 0 Å². The molecular weight excluding hydrogens is 370 g/mol. The minimum absolute atomic E-state index is 0.272. The van der Waals surface area contributed by atoms with E-state index < -0.39 is 0 Å². The van der Waals surface area contributed by atoms with Crippen LogP contribution in [0.15, 0.2) is 24.3 Å². The predicted octanol–water partition coefficient (Wildman–Crippen LogP) is 4.10. The van der Waals surface area contributed by atoms with Gasteiger partial charge in [-0.25, -0.2) is 0 Å². The minimum Gasteiger partial charge on any atom is -0.335 e. The van der Waals surface area contributed by atoms with Gasteiger partial charge in [-0.05, 0) is 69.8 Å². The molecule has 4 heteroatoms. The van der Waals surface area contributed by atoms with Crippen molar-refractivity contribution >= 4 is 5.91 Å². The van der Waals surface area contributed by atoms with Crippen LogP contribution in [0.2, 0.25) is 0 Å². The highest BCUT2D eigenvalue weighted by atomic mass is 16.2. The van der Waals surface area contributed by atoms with E-state index in [-0.39, 0.29) is 12.0 Å². The minimum atomic E-state index is 0.272. The van der Waals surface area contributed by atoms with Crippen molar-refractivity contribution in [3.8, 4) is 0 Å². The van der Waals surface area contributed by atoms with Crippen molar-refractivity contribution in [2.24, 2.45) is 17.8 Å². The third kappa shape index (κ3) is 3.82. The van der Waals surface area contributed by atoms with Crippen LogP contribution in [0.4, 0.5) is 0 Å². The first-order valence-corrected chi connectivity index (χ1v) is 12.4. The van der Waals surface area contributed by atoms with Crippen molar-refractivity contribution in [2.75, 3.05) is 39.8 Å². The second-order valence-electron chi connectivity index (χ2n) is 10.5. The molecule has 0 radical (unpaired) electrons. The van der Waals surface area contributed by atoms with E-state index in [4.69, 9.17) is 0 Å². The number of fused-ring (bicyclic) bond motifs is 1. The van der Waals surface area contributed by atoms with Gasteiger partial charge in [-0.15, -0.1) is 0 Å². The van der Waals surface area contributed by atoms with Crippen LogP contribution in [0, 0.1) is 24.7 Å². The maximum atomic E-state index is 13.7. The molecule has 0 unspecified atom stereocenters. The second kappa shape index (κ2) is 8.63. The molecule has 3 heterocycles. The van der Waals surface area contributed by atoms with Crippen LogP contribution < -0.4 is 0 Å². The van der Waals surface area contributed by atoms with Gasteiger partial charge < -0.3 is 9.80 Å². The van der Waals surface area contributed by atoms with Crippen LogP contribution >= 0.6 is 0 Å². The molecule has 3 saturated heterocycles. The molecule has 4 nitrogen and oxygen atoms in total. The van der Waals surface area contributed by atoms with Crippen molar-refractivity contribution in [2.45, 2.75) is 64.0 Å². The number of carbonyl (C=O) groups is 1. The fourth-order valence-corrected chi connectivity index (χ4v) is 6.87. The fraction of sp³-hybridized carbons (Fsp3) is 0.731. The quantitative estimate of drug-likeness (QED) is 0.752. The summed E-state index contributed by atoms with van der Waals surface area (Å²) in [6, 6.07) is 9.85. The van der Waals surface area contributed by atoms with Crippen LogP contribution in [-0.2, 0) is 4.79 Å². The van der Waals surface area contributed by atoms with Crippen molar-refractivity contribution in [1.29, 1.82) is 0 Å². The third-order valence-electron chi connectivity index (χ3n) is 8.64. The van der Waals surface area contributed by atoms with Crippen molar-refractivity contribution in [3.05, 3.63) is 35.4 Å². The van der Waals surface area contributed by atoms with Crippen molar-refractivity contribution in [1.82, 2.24) is 14.7 Å². The smallest absolute Gasteiger partial charge is 0.226 e. The SMILES string of the molecule is Cc1ccccc1[C@@H]1[C@H]2CN(C3CCN(C)CC3)C[C@H]2CN1C(=O)C1CCCCC1. The van der Waals surface area contributed by atoms with E-state index in [9.17, 15) is 4.79 Å². The summed E-state index contributed by atoms with van der Waals surface area (Å²) in [7, 11) is 2.25. The van der Waals surface area contributed by atoms with E-state index in [0.717, 1.165) is 25.4 Å². The van der Waals surface area contributed by atoms with Crippen LogP contribution in [-0.4, -0.2) is 66.4 Å². The monoisotopic (exact) mass is 409 g/mol. The maximum absolute atomic E-state index is 13.7. The third-order valence-corrected chi connectivity index (χ3v) is 8.64. The highest BCUT2D eigenvalue weighted by Crippen LogP contribution is 2.47. The highest BCUT2D eigenvalue weighted by molar-refractivity contribution is 5.80. The number of benzene rings is 1. The molecule has 1 aromatic rings. The van der Waals surface area contributed by atoms with Gasteiger partial charge in [0.25, 0.3) is 0 Å². The van der Waals surface area contributed by atoms with E-state index in [0.29, 0.717) is 17.7 Å². The van der Waals surface area contributed by atoms with Crippen LogP contribution in [0.5, 0.6) is 0 Å². The van der Waals surface area contributed by atoms with Gasteiger partial charge in [0.1, 0.15) is 0 Å². The summed E-state index contributed by atoms with van der Waals surface area (Å²) in [6.07, 6.45) is 8.58. The summed E-state index contributed by atoms with van der Waals surface area (Å²) in [6.45, 7) is 8.02. The Kier molecular flexibility index (Phi) is 5.90. The molecule has 0 aromatic heterocycles. The molecule has 0 bridgehead atoms. The second-order valence-corrected chi connectivity index (χ2v) is 10.5. The molecule has 4 aliphatic rings. The van der Waals surface area contributed by atoms with E-state index in [1.807, 2.05) is 0 Å². The number of rotatable bonds is 3. The number of carbonyl (C=O) groups excluding carboxylic acids is 1. The number of piperidine rings is 1. The molecule has 1 saturated carbocycles. The molecule has 5 rings (SSSR count). The number of amides is 1. The number of hydrogen-bond donors (Lipinski definition) is 0. The summed E-state index contributed by atoms with van der Waals surface area (Å²) >= 11 is 0. The Morgan fingerprint density at radius 1 is 0.933 bits per heavy atom. The average Bonchev–Trinajstić information content (AvgIpc) is 3.33. The van der Waals surface area contributed by atoms with Gasteiger partial charge in [-0.3, -0.25) is 9.69 Å². The normalized spacial score (nSPS) is 31.9. The van der Waals surface area contributed by atoms with Crippen LogP contribution in [0.1, 0.15) is 62.1 Å². The summed E-state index contributed by atoms with van der Waals surface area (Å²) in [5.41, 5.74) is 2.75. The van der Waals surface area contributed by atoms with E-state index in [1.54, 1.807) is 0 Å². The first kappa shape index (κ1) is 20.5. The number of likely N-dealkylation sites (tertiary alicyclic amines) is 3. The van der Waals surface area contributed by atoms with E-state index in [1.165, 1.54) is 69.4 Å². The molecular formula is C26H39N3O. The lowest BCUT2D eigenvalue weighted by atomic mass is 9.86. The highest BCUT2D eigenvalue weighted by Gasteiger charge is 2.51. The largest absolute Gasteiger partial charge is 0.335 e. The Morgan fingerprint density at radius 2 is 1.67 bits per heavy atom. The van der Waals surface area contributed by atoms with Gasteiger partial charge in [0, 0.05) is 37.5 Å². The molecule has 4 fully saturated rings. The number of nitrogens with zero attached hydrogens (tertiary/aromatic N) is 3. The topological polar surface area (TPSA) is 26.8 Å². The lowest BCUT2D eigenvalue weighted by Gasteiger charge is -2.38. The maximum Gasteiger partial charge on any atom is 0.226 e. The molecule has 3 aliphatic heterocycles. The van der Waals surface area contributed by atoms with Gasteiger partial charge in [-0.2, -0.15) is 0 Å². The molecule has 30 heavy (non-hydrogen) atoms. The van der Waals surface area contributed by atoms with Gasteiger partial charge in [0.05, 0.1) is 6.04 Å². The lowest BCUT2D eigenvalue weighted by molar-refractivity contribution is -0.138. The van der Waals surface area contributed by atoms with Gasteiger partial charge in [0.2, 0.25) is 5.91 Å². The van der Waals surface area contributed by atoms with E-state index >= 15 is 0 Å². The Morgan fingerprint density at radius 3 is 2.40 bits per heavy atom. The van der Waals surface area contributed by atoms with E-state index in [2.05, 4.69) is 52.9 Å². The summed E-state index contributed by atoms with van der Waals surface area (Å²) in [4.78, 5) is 21.2.